The molecular weight excluding hydrogens is 328 g/mol. The standard InChI is InChI=1S/C21H26N2O3/c1-5-12-23(21(25)17-11-10-15(2)16(3)13-17)14-20(24)22-18-8-6-7-9-19(18)26-4/h6-11,13H,5,12,14H2,1-4H3,(H,22,24). The average Bonchev–Trinajstić information content (AvgIpc) is 2.63. The number of amides is 2. The number of anilines is 1. The van der Waals surface area contributed by atoms with Gasteiger partial charge in [0.25, 0.3) is 5.91 Å². The van der Waals surface area contributed by atoms with Crippen LogP contribution in [0.25, 0.3) is 0 Å². The summed E-state index contributed by atoms with van der Waals surface area (Å²) in [4.78, 5) is 26.9. The first kappa shape index (κ1) is 19.5. The number of ether oxygens (including phenoxy) is 1. The lowest BCUT2D eigenvalue weighted by Crippen LogP contribution is -2.38. The van der Waals surface area contributed by atoms with E-state index in [1.54, 1.807) is 24.1 Å². The molecule has 2 aromatic carbocycles. The molecule has 26 heavy (non-hydrogen) atoms. The van der Waals surface area contributed by atoms with Crippen LogP contribution >= 0.6 is 0 Å². The lowest BCUT2D eigenvalue weighted by Gasteiger charge is -2.22. The Bertz CT molecular complexity index is 787. The zero-order valence-corrected chi connectivity index (χ0v) is 15.8. The third kappa shape index (κ3) is 4.85. The number of para-hydroxylation sites is 2. The van der Waals surface area contributed by atoms with Gasteiger partial charge in [-0.1, -0.05) is 25.1 Å². The number of hydrogen-bond donors (Lipinski definition) is 1. The minimum atomic E-state index is -0.250. The maximum Gasteiger partial charge on any atom is 0.254 e. The van der Waals surface area contributed by atoms with E-state index in [0.29, 0.717) is 23.5 Å². The normalized spacial score (nSPS) is 10.3. The van der Waals surface area contributed by atoms with E-state index in [4.69, 9.17) is 4.74 Å². The smallest absolute Gasteiger partial charge is 0.254 e. The summed E-state index contributed by atoms with van der Waals surface area (Å²) < 4.78 is 5.24. The Morgan fingerprint density at radius 1 is 1.08 bits per heavy atom. The maximum absolute atomic E-state index is 12.8. The van der Waals surface area contributed by atoms with Crippen molar-refractivity contribution < 1.29 is 14.3 Å². The number of rotatable bonds is 7. The van der Waals surface area contributed by atoms with Gasteiger partial charge in [-0.15, -0.1) is 0 Å². The molecule has 2 aromatic rings. The SMILES string of the molecule is CCCN(CC(=O)Nc1ccccc1OC)C(=O)c1ccc(C)c(C)c1. The fraction of sp³-hybridized carbons (Fsp3) is 0.333. The first-order valence-electron chi connectivity index (χ1n) is 8.75. The molecular formula is C21H26N2O3. The molecule has 0 radical (unpaired) electrons. The minimum absolute atomic E-state index is 0.00234. The summed E-state index contributed by atoms with van der Waals surface area (Å²) in [5, 5.41) is 2.82. The molecule has 5 nitrogen and oxygen atoms in total. The molecule has 0 saturated heterocycles. The third-order valence-electron chi connectivity index (χ3n) is 4.25. The van der Waals surface area contributed by atoms with Crippen molar-refractivity contribution in [3.05, 3.63) is 59.2 Å². The molecule has 0 aliphatic heterocycles. The number of aryl methyl sites for hydroxylation is 2. The Labute approximate surface area is 155 Å². The molecule has 0 heterocycles. The van der Waals surface area contributed by atoms with Gasteiger partial charge in [-0.25, -0.2) is 0 Å². The largest absolute Gasteiger partial charge is 0.495 e. The molecule has 0 aliphatic rings. The van der Waals surface area contributed by atoms with Crippen molar-refractivity contribution >= 4 is 17.5 Å². The van der Waals surface area contributed by atoms with Crippen molar-refractivity contribution in [2.24, 2.45) is 0 Å². The Balaban J connectivity index is 2.12. The second-order valence-corrected chi connectivity index (χ2v) is 6.27. The van der Waals surface area contributed by atoms with Crippen LogP contribution in [0, 0.1) is 13.8 Å². The van der Waals surface area contributed by atoms with Gasteiger partial charge in [0, 0.05) is 12.1 Å². The zero-order chi connectivity index (χ0) is 19.1. The van der Waals surface area contributed by atoms with Crippen molar-refractivity contribution in [2.45, 2.75) is 27.2 Å². The molecule has 0 spiro atoms. The zero-order valence-electron chi connectivity index (χ0n) is 15.8. The van der Waals surface area contributed by atoms with Crippen molar-refractivity contribution in [3.63, 3.8) is 0 Å². The van der Waals surface area contributed by atoms with Gasteiger partial charge in [0.2, 0.25) is 5.91 Å². The van der Waals surface area contributed by atoms with E-state index in [-0.39, 0.29) is 18.4 Å². The van der Waals surface area contributed by atoms with Crippen molar-refractivity contribution in [2.75, 3.05) is 25.5 Å². The number of nitrogens with zero attached hydrogens (tertiary/aromatic N) is 1. The van der Waals surface area contributed by atoms with Crippen LogP contribution in [0.15, 0.2) is 42.5 Å². The van der Waals surface area contributed by atoms with Gasteiger partial charge in [0.1, 0.15) is 12.3 Å². The van der Waals surface area contributed by atoms with Crippen LogP contribution in [-0.4, -0.2) is 36.9 Å². The van der Waals surface area contributed by atoms with Gasteiger partial charge in [-0.2, -0.15) is 0 Å². The number of benzene rings is 2. The summed E-state index contributed by atoms with van der Waals surface area (Å²) in [7, 11) is 1.55. The van der Waals surface area contributed by atoms with Gasteiger partial charge in [-0.05, 0) is 55.7 Å². The van der Waals surface area contributed by atoms with E-state index in [9.17, 15) is 9.59 Å². The molecule has 0 aliphatic carbocycles. The van der Waals surface area contributed by atoms with E-state index in [1.165, 1.54) is 0 Å². The summed E-state index contributed by atoms with van der Waals surface area (Å²) in [6, 6.07) is 12.8. The molecule has 0 bridgehead atoms. The Morgan fingerprint density at radius 2 is 1.81 bits per heavy atom. The lowest BCUT2D eigenvalue weighted by molar-refractivity contribution is -0.116. The molecule has 138 valence electrons. The molecule has 0 saturated carbocycles. The van der Waals surface area contributed by atoms with E-state index in [2.05, 4.69) is 5.32 Å². The fourth-order valence-electron chi connectivity index (χ4n) is 2.69. The van der Waals surface area contributed by atoms with Gasteiger partial charge < -0.3 is 15.0 Å². The van der Waals surface area contributed by atoms with Crippen LogP contribution in [0.4, 0.5) is 5.69 Å². The number of nitrogens with one attached hydrogen (secondary N) is 1. The highest BCUT2D eigenvalue weighted by Gasteiger charge is 2.19. The van der Waals surface area contributed by atoms with Crippen LogP contribution in [-0.2, 0) is 4.79 Å². The van der Waals surface area contributed by atoms with Crippen LogP contribution in [0.5, 0.6) is 5.75 Å². The molecule has 0 unspecified atom stereocenters. The third-order valence-corrected chi connectivity index (χ3v) is 4.25. The van der Waals surface area contributed by atoms with Crippen LogP contribution < -0.4 is 10.1 Å². The predicted molar refractivity (Wildman–Crippen MR) is 104 cm³/mol. The van der Waals surface area contributed by atoms with E-state index >= 15 is 0 Å². The molecule has 2 amide bonds. The Morgan fingerprint density at radius 3 is 2.46 bits per heavy atom. The monoisotopic (exact) mass is 354 g/mol. The van der Waals surface area contributed by atoms with E-state index in [1.807, 2.05) is 51.1 Å². The second-order valence-electron chi connectivity index (χ2n) is 6.27. The average molecular weight is 354 g/mol. The fourth-order valence-corrected chi connectivity index (χ4v) is 2.69. The number of carbonyl (C=O) groups is 2. The lowest BCUT2D eigenvalue weighted by atomic mass is 10.1. The summed E-state index contributed by atoms with van der Waals surface area (Å²) >= 11 is 0. The molecule has 2 rings (SSSR count). The van der Waals surface area contributed by atoms with Gasteiger partial charge in [0.15, 0.2) is 0 Å². The first-order chi connectivity index (χ1) is 12.5. The van der Waals surface area contributed by atoms with Gasteiger partial charge in [0.05, 0.1) is 12.8 Å². The Hall–Kier alpha value is -2.82. The summed E-state index contributed by atoms with van der Waals surface area (Å²) in [6.45, 7) is 6.49. The number of carbonyl (C=O) groups excluding carboxylic acids is 2. The first-order valence-corrected chi connectivity index (χ1v) is 8.75. The minimum Gasteiger partial charge on any atom is -0.495 e. The summed E-state index contributed by atoms with van der Waals surface area (Å²) in [5.41, 5.74) is 3.39. The van der Waals surface area contributed by atoms with Crippen molar-refractivity contribution in [1.29, 1.82) is 0 Å². The second kappa shape index (κ2) is 9.04. The molecule has 0 aromatic heterocycles. The predicted octanol–water partition coefficient (Wildman–Crippen LogP) is 3.80. The molecule has 5 heteroatoms. The van der Waals surface area contributed by atoms with Crippen molar-refractivity contribution in [1.82, 2.24) is 4.90 Å². The highest BCUT2D eigenvalue weighted by Crippen LogP contribution is 2.23. The highest BCUT2D eigenvalue weighted by atomic mass is 16.5. The number of hydrogen-bond acceptors (Lipinski definition) is 3. The Kier molecular flexibility index (Phi) is 6.78. The van der Waals surface area contributed by atoms with Crippen LogP contribution in [0.2, 0.25) is 0 Å². The topological polar surface area (TPSA) is 58.6 Å². The quantitative estimate of drug-likeness (QED) is 0.823. The highest BCUT2D eigenvalue weighted by molar-refractivity contribution is 6.00. The summed E-state index contributed by atoms with van der Waals surface area (Å²) in [5.74, 6) is 0.202. The molecule has 0 atom stereocenters. The van der Waals surface area contributed by atoms with Gasteiger partial charge >= 0.3 is 0 Å². The molecule has 0 fully saturated rings. The number of methoxy groups -OCH3 is 1. The molecule has 1 N–H and O–H groups in total. The van der Waals surface area contributed by atoms with Crippen LogP contribution in [0.3, 0.4) is 0 Å². The van der Waals surface area contributed by atoms with Crippen LogP contribution in [0.1, 0.15) is 34.8 Å². The van der Waals surface area contributed by atoms with E-state index < -0.39 is 0 Å². The van der Waals surface area contributed by atoms with Crippen molar-refractivity contribution in [3.8, 4) is 5.75 Å². The van der Waals surface area contributed by atoms with E-state index in [0.717, 1.165) is 17.5 Å². The maximum atomic E-state index is 12.8. The van der Waals surface area contributed by atoms with Gasteiger partial charge in [-0.3, -0.25) is 9.59 Å². The summed E-state index contributed by atoms with van der Waals surface area (Å²) in [6.07, 6.45) is 0.776.